The number of imidazole rings is 1. The molecule has 4 unspecified atom stereocenters. The van der Waals surface area contributed by atoms with Gasteiger partial charge in [-0.15, -0.1) is 0 Å². The number of hydrogen-bond acceptors (Lipinski definition) is 7. The van der Waals surface area contributed by atoms with Gasteiger partial charge in [0.1, 0.15) is 18.1 Å². The summed E-state index contributed by atoms with van der Waals surface area (Å²) in [5.41, 5.74) is 9.91. The number of hydrogen-bond donors (Lipinski definition) is 8. The Morgan fingerprint density at radius 2 is 1.32 bits per heavy atom. The zero-order valence-corrected chi connectivity index (χ0v) is 26.6. The van der Waals surface area contributed by atoms with E-state index in [2.05, 4.69) is 35.9 Å². The summed E-state index contributed by atoms with van der Waals surface area (Å²) in [6.45, 7) is 0. The van der Waals surface area contributed by atoms with E-state index in [1.54, 1.807) is 24.2 Å². The summed E-state index contributed by atoms with van der Waals surface area (Å²) in [6.07, 6.45) is 8.93. The first-order valence-corrected chi connectivity index (χ1v) is 16.6. The van der Waals surface area contributed by atoms with Crippen LogP contribution in [-0.4, -0.2) is 84.9 Å². The molecule has 14 heteroatoms. The van der Waals surface area contributed by atoms with Gasteiger partial charge in [-0.3, -0.25) is 14.4 Å². The summed E-state index contributed by atoms with van der Waals surface area (Å²) in [5.74, 6) is -2.36. The molecule has 5 rings (SSSR count). The lowest BCUT2D eigenvalue weighted by Gasteiger charge is -2.25. The van der Waals surface area contributed by atoms with Gasteiger partial charge in [-0.1, -0.05) is 36.4 Å². The number of benzene rings is 2. The van der Waals surface area contributed by atoms with Gasteiger partial charge in [0.15, 0.2) is 0 Å². The van der Waals surface area contributed by atoms with E-state index in [0.717, 1.165) is 32.9 Å². The Morgan fingerprint density at radius 1 is 0.787 bits per heavy atom. The molecular weight excluding hydrogens is 620 g/mol. The first kappa shape index (κ1) is 33.3. The van der Waals surface area contributed by atoms with Crippen molar-refractivity contribution >= 4 is 57.3 Å². The van der Waals surface area contributed by atoms with Crippen LogP contribution < -0.4 is 21.7 Å². The van der Waals surface area contributed by atoms with E-state index >= 15 is 0 Å². The van der Waals surface area contributed by atoms with Crippen molar-refractivity contribution in [3.05, 3.63) is 90.3 Å². The van der Waals surface area contributed by atoms with Crippen molar-refractivity contribution in [3.8, 4) is 0 Å². The number of para-hydroxylation sites is 2. The fourth-order valence-corrected chi connectivity index (χ4v) is 5.96. The van der Waals surface area contributed by atoms with Gasteiger partial charge in [-0.2, -0.15) is 11.8 Å². The Balaban J connectivity index is 1.37. The van der Waals surface area contributed by atoms with Crippen LogP contribution in [0.15, 0.2) is 73.4 Å². The number of carbonyl (C=O) groups excluding carboxylic acids is 3. The fraction of sp³-hybridized carbons (Fsp3) is 0.303. The number of amides is 3. The van der Waals surface area contributed by atoms with Crippen LogP contribution in [0.25, 0.3) is 21.8 Å². The van der Waals surface area contributed by atoms with Crippen LogP contribution in [0.4, 0.5) is 0 Å². The maximum Gasteiger partial charge on any atom is 0.326 e. The van der Waals surface area contributed by atoms with Crippen LogP contribution in [0.1, 0.15) is 23.2 Å². The molecule has 13 nitrogen and oxygen atoms in total. The first-order valence-electron chi connectivity index (χ1n) is 15.2. The smallest absolute Gasteiger partial charge is 0.326 e. The molecule has 47 heavy (non-hydrogen) atoms. The van der Waals surface area contributed by atoms with E-state index in [0.29, 0.717) is 17.9 Å². The first-order chi connectivity index (χ1) is 22.7. The summed E-state index contributed by atoms with van der Waals surface area (Å²) in [4.78, 5) is 66.3. The van der Waals surface area contributed by atoms with Gasteiger partial charge in [0.05, 0.1) is 12.4 Å². The highest BCUT2D eigenvalue weighted by atomic mass is 32.2. The maximum atomic E-state index is 13.9. The lowest BCUT2D eigenvalue weighted by atomic mass is 10.0. The van der Waals surface area contributed by atoms with E-state index in [9.17, 15) is 24.3 Å². The predicted molar refractivity (Wildman–Crippen MR) is 181 cm³/mol. The van der Waals surface area contributed by atoms with Gasteiger partial charge < -0.3 is 41.7 Å². The van der Waals surface area contributed by atoms with Gasteiger partial charge >= 0.3 is 5.97 Å². The van der Waals surface area contributed by atoms with E-state index in [-0.39, 0.29) is 19.3 Å². The summed E-state index contributed by atoms with van der Waals surface area (Å²) >= 11 is 1.56. The number of thioether (sulfide) groups is 1. The second-order valence-corrected chi connectivity index (χ2v) is 12.3. The number of nitrogens with zero attached hydrogens (tertiary/aromatic N) is 1. The second kappa shape index (κ2) is 15.5. The zero-order valence-electron chi connectivity index (χ0n) is 25.8. The largest absolute Gasteiger partial charge is 0.480 e. The number of aromatic amines is 3. The third-order valence-corrected chi connectivity index (χ3v) is 8.67. The quantitative estimate of drug-likeness (QED) is 0.0784. The van der Waals surface area contributed by atoms with Crippen molar-refractivity contribution in [1.29, 1.82) is 0 Å². The highest BCUT2D eigenvalue weighted by Gasteiger charge is 2.32. The highest BCUT2D eigenvalue weighted by Crippen LogP contribution is 2.21. The summed E-state index contributed by atoms with van der Waals surface area (Å²) < 4.78 is 0. The van der Waals surface area contributed by atoms with Crippen molar-refractivity contribution < 1.29 is 24.3 Å². The third-order valence-electron chi connectivity index (χ3n) is 8.03. The molecular formula is C33H38N8O5S. The molecule has 0 fully saturated rings. The number of aromatic nitrogens is 4. The Kier molecular flexibility index (Phi) is 11.0. The molecule has 5 aromatic rings. The molecule has 0 spiro atoms. The van der Waals surface area contributed by atoms with Crippen molar-refractivity contribution in [2.75, 3.05) is 12.0 Å². The van der Waals surface area contributed by atoms with Gasteiger partial charge in [0.25, 0.3) is 0 Å². The minimum atomic E-state index is -1.28. The Morgan fingerprint density at radius 3 is 1.87 bits per heavy atom. The van der Waals surface area contributed by atoms with E-state index in [1.165, 1.54) is 12.5 Å². The summed E-state index contributed by atoms with van der Waals surface area (Å²) in [5, 5.41) is 20.0. The Bertz CT molecular complexity index is 1830. The van der Waals surface area contributed by atoms with Gasteiger partial charge in [-0.25, -0.2) is 9.78 Å². The molecule has 0 aliphatic carbocycles. The van der Waals surface area contributed by atoms with Crippen LogP contribution in [-0.2, 0) is 38.4 Å². The number of carboxylic acids is 1. The number of fused-ring (bicyclic) bond motifs is 2. The predicted octanol–water partition coefficient (Wildman–Crippen LogP) is 2.02. The van der Waals surface area contributed by atoms with Gasteiger partial charge in [0, 0.05) is 65.4 Å². The molecule has 4 atom stereocenters. The molecule has 3 amide bonds. The number of nitrogens with one attached hydrogen (secondary N) is 6. The van der Waals surface area contributed by atoms with Crippen molar-refractivity contribution in [2.24, 2.45) is 5.73 Å². The molecule has 0 saturated heterocycles. The van der Waals surface area contributed by atoms with Crippen LogP contribution in [0.2, 0.25) is 0 Å². The van der Waals surface area contributed by atoms with Crippen molar-refractivity contribution in [3.63, 3.8) is 0 Å². The van der Waals surface area contributed by atoms with Crippen LogP contribution in [0.3, 0.4) is 0 Å². The SMILES string of the molecule is CSCCC(N)C(=O)NC(Cc1c[nH]c2ccccc12)C(=O)NC(Cc1cnc[nH]1)C(=O)NC(Cc1c[nH]c2ccccc12)C(=O)O. The molecule has 3 aromatic heterocycles. The van der Waals surface area contributed by atoms with Crippen molar-refractivity contribution in [1.82, 2.24) is 35.9 Å². The standard InChI is InChI=1S/C33H38N8O5S/c1-47-11-10-24(34)30(42)39-27(12-19-15-36-25-8-4-2-6-22(19)25)31(43)40-28(14-21-17-35-18-38-21)32(44)41-29(33(45)46)13-20-16-37-26-9-5-3-7-23(20)26/h2-9,15-18,24,27-29,36-37H,10-14,34H2,1H3,(H,35,38)(H,39,42)(H,40,43)(H,41,44)(H,45,46). The molecule has 3 heterocycles. The number of H-pyrrole nitrogens is 3. The normalized spacial score (nSPS) is 13.9. The Hall–Kier alpha value is -5.08. The topological polar surface area (TPSA) is 211 Å². The number of carbonyl (C=O) groups is 4. The number of aliphatic carboxylic acids is 1. The van der Waals surface area contributed by atoms with Gasteiger partial charge in [-0.05, 0) is 41.7 Å². The second-order valence-electron chi connectivity index (χ2n) is 11.3. The third kappa shape index (κ3) is 8.40. The van der Waals surface area contributed by atoms with Crippen molar-refractivity contribution in [2.45, 2.75) is 49.9 Å². The maximum absolute atomic E-state index is 13.9. The molecule has 0 aliphatic heterocycles. The summed E-state index contributed by atoms with van der Waals surface area (Å²) in [6, 6.07) is 10.7. The minimum absolute atomic E-state index is 0.00200. The number of rotatable bonds is 16. The average molecular weight is 659 g/mol. The zero-order chi connectivity index (χ0) is 33.3. The lowest BCUT2D eigenvalue weighted by molar-refractivity contribution is -0.142. The van der Waals surface area contributed by atoms with Crippen LogP contribution in [0, 0.1) is 0 Å². The van der Waals surface area contributed by atoms with Crippen LogP contribution >= 0.6 is 11.8 Å². The fourth-order valence-electron chi connectivity index (χ4n) is 5.47. The minimum Gasteiger partial charge on any atom is -0.480 e. The summed E-state index contributed by atoms with van der Waals surface area (Å²) in [7, 11) is 0. The molecule has 0 saturated carbocycles. The molecule has 2 aromatic carbocycles. The molecule has 9 N–H and O–H groups in total. The Labute approximate surface area is 274 Å². The van der Waals surface area contributed by atoms with E-state index in [4.69, 9.17) is 5.73 Å². The lowest BCUT2D eigenvalue weighted by Crippen LogP contribution is -2.58. The van der Waals surface area contributed by atoms with E-state index < -0.39 is 47.9 Å². The molecule has 0 radical (unpaired) electrons. The van der Waals surface area contributed by atoms with Gasteiger partial charge in [0.2, 0.25) is 17.7 Å². The average Bonchev–Trinajstić information content (AvgIpc) is 3.83. The van der Waals surface area contributed by atoms with Crippen LogP contribution in [0.5, 0.6) is 0 Å². The van der Waals surface area contributed by atoms with E-state index in [1.807, 2.05) is 54.8 Å². The highest BCUT2D eigenvalue weighted by molar-refractivity contribution is 7.98. The molecule has 246 valence electrons. The monoisotopic (exact) mass is 658 g/mol. The molecule has 0 bridgehead atoms. The number of carboxylic acid groups (broad SMARTS) is 1. The number of nitrogens with two attached hydrogens (primary N) is 1. The molecule has 0 aliphatic rings.